The van der Waals surface area contributed by atoms with Crippen molar-refractivity contribution in [3.63, 3.8) is 0 Å². The van der Waals surface area contributed by atoms with Crippen LogP contribution >= 0.6 is 11.8 Å². The molecule has 0 radical (unpaired) electrons. The van der Waals surface area contributed by atoms with Crippen molar-refractivity contribution in [1.29, 1.82) is 0 Å². The van der Waals surface area contributed by atoms with Gasteiger partial charge in [-0.15, -0.1) is 11.8 Å². The molecule has 5 heteroatoms. The molecule has 1 atom stereocenters. The number of nitrogens with one attached hydrogen (secondary N) is 1. The zero-order chi connectivity index (χ0) is 16.8. The molecule has 0 aliphatic rings. The molecule has 2 aromatic carbocycles. The van der Waals surface area contributed by atoms with E-state index in [2.05, 4.69) is 5.32 Å². The Morgan fingerprint density at radius 2 is 1.65 bits per heavy atom. The molecule has 0 fully saturated rings. The summed E-state index contributed by atoms with van der Waals surface area (Å²) in [5, 5.41) is 2.82. The van der Waals surface area contributed by atoms with Crippen LogP contribution in [-0.4, -0.2) is 24.1 Å². The fraction of sp³-hybridized carbons (Fsp3) is 0.222. The number of amides is 1. The number of thioether (sulfide) groups is 1. The van der Waals surface area contributed by atoms with Crippen molar-refractivity contribution in [2.45, 2.75) is 24.8 Å². The minimum Gasteiger partial charge on any atom is -0.481 e. The van der Waals surface area contributed by atoms with Gasteiger partial charge in [0, 0.05) is 16.1 Å². The smallest absolute Gasteiger partial charge is 0.265 e. The molecule has 0 aliphatic carbocycles. The van der Waals surface area contributed by atoms with Crippen molar-refractivity contribution in [3.8, 4) is 5.75 Å². The highest BCUT2D eigenvalue weighted by Crippen LogP contribution is 2.18. The van der Waals surface area contributed by atoms with E-state index in [0.29, 0.717) is 11.3 Å². The Hall–Kier alpha value is -2.27. The lowest BCUT2D eigenvalue weighted by Gasteiger charge is -2.15. The Morgan fingerprint density at radius 1 is 1.04 bits per heavy atom. The minimum absolute atomic E-state index is 0.00368. The van der Waals surface area contributed by atoms with E-state index in [1.807, 2.05) is 30.5 Å². The Balaban J connectivity index is 1.94. The lowest BCUT2D eigenvalue weighted by atomic mass is 10.1. The van der Waals surface area contributed by atoms with Crippen molar-refractivity contribution < 1.29 is 14.3 Å². The fourth-order valence-corrected chi connectivity index (χ4v) is 2.35. The Labute approximate surface area is 140 Å². The number of benzene rings is 2. The molecule has 0 heterocycles. The molecule has 1 amide bonds. The third kappa shape index (κ3) is 4.86. The zero-order valence-electron chi connectivity index (χ0n) is 13.3. The first-order valence-corrected chi connectivity index (χ1v) is 8.44. The van der Waals surface area contributed by atoms with Crippen molar-refractivity contribution in [1.82, 2.24) is 0 Å². The minimum atomic E-state index is -0.640. The summed E-state index contributed by atoms with van der Waals surface area (Å²) < 4.78 is 5.60. The number of anilines is 1. The molecule has 0 bridgehead atoms. The molecule has 0 aliphatic heterocycles. The predicted octanol–water partition coefficient (Wildman–Crippen LogP) is 4.02. The van der Waals surface area contributed by atoms with Gasteiger partial charge in [0.25, 0.3) is 5.91 Å². The maximum atomic E-state index is 12.2. The summed E-state index contributed by atoms with van der Waals surface area (Å²) in [4.78, 5) is 24.5. The van der Waals surface area contributed by atoms with Gasteiger partial charge in [-0.1, -0.05) is 0 Å². The third-order valence-corrected chi connectivity index (χ3v) is 4.04. The van der Waals surface area contributed by atoms with Crippen LogP contribution < -0.4 is 10.1 Å². The molecule has 0 saturated heterocycles. The van der Waals surface area contributed by atoms with Gasteiger partial charge >= 0.3 is 0 Å². The fourth-order valence-electron chi connectivity index (χ4n) is 1.94. The summed E-state index contributed by atoms with van der Waals surface area (Å²) in [6.07, 6.45) is 1.36. The second-order valence-electron chi connectivity index (χ2n) is 5.06. The van der Waals surface area contributed by atoms with Crippen LogP contribution in [-0.2, 0) is 4.79 Å². The first kappa shape index (κ1) is 17.1. The number of hydrogen-bond donors (Lipinski definition) is 1. The molecule has 1 unspecified atom stereocenters. The molecule has 1 N–H and O–H groups in total. The normalized spacial score (nSPS) is 11.6. The summed E-state index contributed by atoms with van der Waals surface area (Å²) in [5.41, 5.74) is 1.35. The topological polar surface area (TPSA) is 55.4 Å². The third-order valence-electron chi connectivity index (χ3n) is 3.30. The van der Waals surface area contributed by atoms with Gasteiger partial charge in [0.1, 0.15) is 5.75 Å². The van der Waals surface area contributed by atoms with E-state index in [1.165, 1.54) is 6.92 Å². The van der Waals surface area contributed by atoms with Crippen LogP contribution in [0.25, 0.3) is 0 Å². The number of carbonyl (C=O) groups excluding carboxylic acids is 2. The van der Waals surface area contributed by atoms with Gasteiger partial charge in [-0.25, -0.2) is 0 Å². The number of hydrogen-bond acceptors (Lipinski definition) is 4. The lowest BCUT2D eigenvalue weighted by molar-refractivity contribution is -0.122. The van der Waals surface area contributed by atoms with Gasteiger partial charge in [-0.3, -0.25) is 9.59 Å². The predicted molar refractivity (Wildman–Crippen MR) is 93.4 cm³/mol. The highest BCUT2D eigenvalue weighted by atomic mass is 32.2. The van der Waals surface area contributed by atoms with Crippen LogP contribution in [0.2, 0.25) is 0 Å². The largest absolute Gasteiger partial charge is 0.481 e. The summed E-state index contributed by atoms with van der Waals surface area (Å²) >= 11 is 1.65. The van der Waals surface area contributed by atoms with E-state index in [0.717, 1.165) is 10.6 Å². The molecule has 0 aromatic heterocycles. The van der Waals surface area contributed by atoms with E-state index in [-0.39, 0.29) is 11.7 Å². The average Bonchev–Trinajstić information content (AvgIpc) is 2.56. The van der Waals surface area contributed by atoms with Crippen LogP contribution in [0.5, 0.6) is 5.75 Å². The molecule has 23 heavy (non-hydrogen) atoms. The zero-order valence-corrected chi connectivity index (χ0v) is 14.1. The second kappa shape index (κ2) is 7.83. The van der Waals surface area contributed by atoms with Crippen LogP contribution in [0.4, 0.5) is 5.69 Å². The molecule has 2 aromatic rings. The number of ketones is 1. The molecule has 2 rings (SSSR count). The molecular formula is C18H19NO3S. The van der Waals surface area contributed by atoms with E-state index in [1.54, 1.807) is 43.0 Å². The SMILES string of the molecule is CSc1ccc(NC(=O)C(C)Oc2ccc(C(C)=O)cc2)cc1. The number of rotatable bonds is 6. The van der Waals surface area contributed by atoms with E-state index in [9.17, 15) is 9.59 Å². The first-order chi connectivity index (χ1) is 11.0. The number of carbonyl (C=O) groups is 2. The Kier molecular flexibility index (Phi) is 5.82. The van der Waals surface area contributed by atoms with Crippen molar-refractivity contribution in [3.05, 3.63) is 54.1 Å². The molecule has 120 valence electrons. The average molecular weight is 329 g/mol. The van der Waals surface area contributed by atoms with E-state index < -0.39 is 6.10 Å². The van der Waals surface area contributed by atoms with Crippen LogP contribution in [0.3, 0.4) is 0 Å². The van der Waals surface area contributed by atoms with Gasteiger partial charge in [-0.05, 0) is 68.6 Å². The maximum absolute atomic E-state index is 12.2. The quantitative estimate of drug-likeness (QED) is 0.642. The standard InChI is InChI=1S/C18H19NO3S/c1-12(20)14-4-8-16(9-5-14)22-13(2)18(21)19-15-6-10-17(23-3)11-7-15/h4-11,13H,1-3H3,(H,19,21). The highest BCUT2D eigenvalue weighted by Gasteiger charge is 2.15. The van der Waals surface area contributed by atoms with Crippen LogP contribution in [0, 0.1) is 0 Å². The van der Waals surface area contributed by atoms with Crippen LogP contribution in [0.15, 0.2) is 53.4 Å². The van der Waals surface area contributed by atoms with E-state index >= 15 is 0 Å². The maximum Gasteiger partial charge on any atom is 0.265 e. The number of ether oxygens (including phenoxy) is 1. The summed E-state index contributed by atoms with van der Waals surface area (Å²) in [6, 6.07) is 14.4. The lowest BCUT2D eigenvalue weighted by Crippen LogP contribution is -2.30. The van der Waals surface area contributed by atoms with Crippen molar-refractivity contribution >= 4 is 29.1 Å². The molecule has 4 nitrogen and oxygen atoms in total. The van der Waals surface area contributed by atoms with E-state index in [4.69, 9.17) is 4.74 Å². The summed E-state index contributed by atoms with van der Waals surface area (Å²) in [5.74, 6) is 0.323. The van der Waals surface area contributed by atoms with Gasteiger partial charge in [0.15, 0.2) is 11.9 Å². The van der Waals surface area contributed by atoms with Gasteiger partial charge in [0.05, 0.1) is 0 Å². The van der Waals surface area contributed by atoms with Gasteiger partial charge in [0.2, 0.25) is 0 Å². The Morgan fingerprint density at radius 3 is 2.17 bits per heavy atom. The second-order valence-corrected chi connectivity index (χ2v) is 5.94. The van der Waals surface area contributed by atoms with Crippen molar-refractivity contribution in [2.24, 2.45) is 0 Å². The van der Waals surface area contributed by atoms with Gasteiger partial charge < -0.3 is 10.1 Å². The number of Topliss-reactive ketones (excluding diaryl/α,β-unsaturated/α-hetero) is 1. The molecule has 0 saturated carbocycles. The summed E-state index contributed by atoms with van der Waals surface area (Å²) in [6.45, 7) is 3.19. The molecule has 0 spiro atoms. The Bertz CT molecular complexity index is 680. The monoisotopic (exact) mass is 329 g/mol. The summed E-state index contributed by atoms with van der Waals surface area (Å²) in [7, 11) is 0. The first-order valence-electron chi connectivity index (χ1n) is 7.22. The van der Waals surface area contributed by atoms with Crippen LogP contribution in [0.1, 0.15) is 24.2 Å². The van der Waals surface area contributed by atoms with Gasteiger partial charge in [-0.2, -0.15) is 0 Å². The van der Waals surface area contributed by atoms with Crippen molar-refractivity contribution in [2.75, 3.05) is 11.6 Å². The molecular weight excluding hydrogens is 310 g/mol. The highest BCUT2D eigenvalue weighted by molar-refractivity contribution is 7.98.